The highest BCUT2D eigenvalue weighted by Gasteiger charge is 2.17. The van der Waals surface area contributed by atoms with Crippen molar-refractivity contribution >= 4 is 49.8 Å². The predicted octanol–water partition coefficient (Wildman–Crippen LogP) is 4.55. The lowest BCUT2D eigenvalue weighted by atomic mass is 10.0. The number of fused-ring (bicyclic) bond motifs is 4. The Morgan fingerprint density at radius 3 is 2.61 bits per heavy atom. The molecule has 0 fully saturated rings. The second-order valence-electron chi connectivity index (χ2n) is 5.84. The lowest BCUT2D eigenvalue weighted by Crippen LogP contribution is -2.13. The Labute approximate surface area is 136 Å². The van der Waals surface area contributed by atoms with Gasteiger partial charge in [-0.25, -0.2) is 4.98 Å². The standard InChI is InChI=1S/C19H11ClN2O/c1-10-4-2-7-15-17(10)22-18(21-15)12-8-9-14(20)11-5-3-6-13(16(11)12)19(22)23/h2-9H,1H3. The van der Waals surface area contributed by atoms with Gasteiger partial charge in [-0.2, -0.15) is 0 Å². The van der Waals surface area contributed by atoms with Crippen LogP contribution in [0.2, 0.25) is 5.02 Å². The minimum absolute atomic E-state index is 0.0443. The van der Waals surface area contributed by atoms with Crippen molar-refractivity contribution in [2.45, 2.75) is 6.92 Å². The summed E-state index contributed by atoms with van der Waals surface area (Å²) in [5, 5.41) is 4.07. The van der Waals surface area contributed by atoms with E-state index in [0.29, 0.717) is 16.1 Å². The van der Waals surface area contributed by atoms with Gasteiger partial charge in [0.15, 0.2) is 0 Å². The quantitative estimate of drug-likeness (QED) is 0.419. The maximum Gasteiger partial charge on any atom is 0.264 e. The van der Waals surface area contributed by atoms with E-state index in [-0.39, 0.29) is 5.56 Å². The molecule has 0 aliphatic rings. The largest absolute Gasteiger partial charge is 0.268 e. The molecule has 0 saturated carbocycles. The molecule has 3 nitrogen and oxygen atoms in total. The topological polar surface area (TPSA) is 34.4 Å². The first kappa shape index (κ1) is 12.9. The summed E-state index contributed by atoms with van der Waals surface area (Å²) in [6.07, 6.45) is 0. The molecule has 110 valence electrons. The van der Waals surface area contributed by atoms with Gasteiger partial charge in [-0.05, 0) is 36.8 Å². The van der Waals surface area contributed by atoms with E-state index in [9.17, 15) is 4.79 Å². The maximum atomic E-state index is 13.1. The fourth-order valence-electron chi connectivity index (χ4n) is 3.53. The molecule has 5 rings (SSSR count). The number of imidazole rings is 1. The summed E-state index contributed by atoms with van der Waals surface area (Å²) >= 11 is 6.32. The lowest BCUT2D eigenvalue weighted by Gasteiger charge is -2.08. The second-order valence-corrected chi connectivity index (χ2v) is 6.25. The Balaban J connectivity index is 2.25. The summed E-state index contributed by atoms with van der Waals surface area (Å²) in [5.74, 6) is 0. The first-order valence-electron chi connectivity index (χ1n) is 7.41. The van der Waals surface area contributed by atoms with Crippen molar-refractivity contribution in [2.24, 2.45) is 0 Å². The van der Waals surface area contributed by atoms with Gasteiger partial charge in [-0.1, -0.05) is 35.9 Å². The highest BCUT2D eigenvalue weighted by molar-refractivity contribution is 6.37. The summed E-state index contributed by atoms with van der Waals surface area (Å²) in [6.45, 7) is 2.00. The normalized spacial score (nSPS) is 12.1. The second kappa shape index (κ2) is 4.21. The highest BCUT2D eigenvalue weighted by atomic mass is 35.5. The molecule has 3 aromatic carbocycles. The van der Waals surface area contributed by atoms with Crippen molar-refractivity contribution in [1.29, 1.82) is 0 Å². The first-order valence-corrected chi connectivity index (χ1v) is 7.79. The Bertz CT molecular complexity index is 1300. The van der Waals surface area contributed by atoms with Crippen molar-refractivity contribution < 1.29 is 0 Å². The molecule has 0 atom stereocenters. The number of halogens is 1. The van der Waals surface area contributed by atoms with Gasteiger partial charge in [0.2, 0.25) is 0 Å². The number of benzene rings is 3. The van der Waals surface area contributed by atoms with Crippen LogP contribution in [-0.4, -0.2) is 9.38 Å². The summed E-state index contributed by atoms with van der Waals surface area (Å²) in [7, 11) is 0. The van der Waals surface area contributed by atoms with Gasteiger partial charge in [0.1, 0.15) is 5.65 Å². The van der Waals surface area contributed by atoms with Crippen LogP contribution < -0.4 is 5.56 Å². The number of aryl methyl sites for hydroxylation is 1. The third-order valence-corrected chi connectivity index (χ3v) is 4.87. The molecule has 5 aromatic rings. The van der Waals surface area contributed by atoms with E-state index < -0.39 is 0 Å². The molecule has 0 aliphatic carbocycles. The minimum atomic E-state index is -0.0443. The van der Waals surface area contributed by atoms with Crippen LogP contribution in [-0.2, 0) is 0 Å². The average Bonchev–Trinajstić information content (AvgIpc) is 2.95. The van der Waals surface area contributed by atoms with Gasteiger partial charge in [-0.15, -0.1) is 0 Å². The first-order chi connectivity index (χ1) is 11.2. The summed E-state index contributed by atoms with van der Waals surface area (Å²) in [6, 6.07) is 15.4. The smallest absolute Gasteiger partial charge is 0.264 e. The average molecular weight is 319 g/mol. The van der Waals surface area contributed by atoms with Crippen molar-refractivity contribution in [3.63, 3.8) is 0 Å². The van der Waals surface area contributed by atoms with E-state index in [0.717, 1.165) is 32.8 Å². The van der Waals surface area contributed by atoms with Gasteiger partial charge < -0.3 is 0 Å². The van der Waals surface area contributed by atoms with E-state index in [2.05, 4.69) is 0 Å². The van der Waals surface area contributed by atoms with Gasteiger partial charge in [0.05, 0.1) is 11.0 Å². The van der Waals surface area contributed by atoms with Gasteiger partial charge in [0, 0.05) is 26.6 Å². The van der Waals surface area contributed by atoms with Gasteiger partial charge >= 0.3 is 0 Å². The Morgan fingerprint density at radius 1 is 0.957 bits per heavy atom. The third kappa shape index (κ3) is 1.50. The molecule has 0 spiro atoms. The van der Waals surface area contributed by atoms with Crippen LogP contribution in [0.15, 0.2) is 53.3 Å². The van der Waals surface area contributed by atoms with Crippen LogP contribution in [0.1, 0.15) is 5.56 Å². The Kier molecular flexibility index (Phi) is 2.35. The molecule has 0 aliphatic heterocycles. The van der Waals surface area contributed by atoms with E-state index in [4.69, 9.17) is 16.6 Å². The zero-order chi connectivity index (χ0) is 15.7. The SMILES string of the molecule is Cc1cccc2nc3c4ccc(Cl)c5cccc(c(=O)n3c12)c54. The predicted molar refractivity (Wildman–Crippen MR) is 94.9 cm³/mol. The molecular formula is C19H11ClN2O. The van der Waals surface area contributed by atoms with Crippen LogP contribution in [0.25, 0.3) is 38.2 Å². The van der Waals surface area contributed by atoms with Crippen molar-refractivity contribution in [3.05, 3.63) is 69.5 Å². The van der Waals surface area contributed by atoms with Gasteiger partial charge in [0.25, 0.3) is 5.56 Å². The van der Waals surface area contributed by atoms with E-state index in [1.165, 1.54) is 0 Å². The molecule has 0 N–H and O–H groups in total. The van der Waals surface area contributed by atoms with Crippen LogP contribution in [0.4, 0.5) is 0 Å². The Morgan fingerprint density at radius 2 is 1.74 bits per heavy atom. The summed E-state index contributed by atoms with van der Waals surface area (Å²) < 4.78 is 1.73. The summed E-state index contributed by atoms with van der Waals surface area (Å²) in [5.41, 5.74) is 3.41. The number of hydrogen-bond acceptors (Lipinski definition) is 2. The number of hydrogen-bond donors (Lipinski definition) is 0. The molecule has 0 unspecified atom stereocenters. The number of para-hydroxylation sites is 1. The van der Waals surface area contributed by atoms with Gasteiger partial charge in [-0.3, -0.25) is 9.20 Å². The molecule has 0 bridgehead atoms. The number of nitrogens with zero attached hydrogens (tertiary/aromatic N) is 2. The molecule has 0 radical (unpaired) electrons. The van der Waals surface area contributed by atoms with Crippen LogP contribution >= 0.6 is 11.6 Å². The minimum Gasteiger partial charge on any atom is -0.268 e. The summed E-state index contributed by atoms with van der Waals surface area (Å²) in [4.78, 5) is 17.8. The number of pyridine rings is 1. The zero-order valence-corrected chi connectivity index (χ0v) is 13.1. The fraction of sp³-hybridized carbons (Fsp3) is 0.0526. The van der Waals surface area contributed by atoms with Crippen LogP contribution in [0.5, 0.6) is 0 Å². The van der Waals surface area contributed by atoms with E-state index in [1.807, 2.05) is 55.5 Å². The third-order valence-electron chi connectivity index (χ3n) is 4.54. The molecule has 2 aromatic heterocycles. The highest BCUT2D eigenvalue weighted by Crippen LogP contribution is 2.33. The van der Waals surface area contributed by atoms with Crippen LogP contribution in [0.3, 0.4) is 0 Å². The van der Waals surface area contributed by atoms with Crippen molar-refractivity contribution in [1.82, 2.24) is 9.38 Å². The monoisotopic (exact) mass is 318 g/mol. The number of rotatable bonds is 0. The molecule has 23 heavy (non-hydrogen) atoms. The molecule has 2 heterocycles. The lowest BCUT2D eigenvalue weighted by molar-refractivity contribution is 1.18. The number of aromatic nitrogens is 2. The van der Waals surface area contributed by atoms with E-state index in [1.54, 1.807) is 4.40 Å². The van der Waals surface area contributed by atoms with Crippen molar-refractivity contribution in [2.75, 3.05) is 0 Å². The fourth-order valence-corrected chi connectivity index (χ4v) is 3.75. The zero-order valence-electron chi connectivity index (χ0n) is 12.3. The molecule has 0 saturated heterocycles. The Hall–Kier alpha value is -2.65. The van der Waals surface area contributed by atoms with Crippen LogP contribution in [0, 0.1) is 6.92 Å². The molecular weight excluding hydrogens is 308 g/mol. The van der Waals surface area contributed by atoms with E-state index >= 15 is 0 Å². The van der Waals surface area contributed by atoms with Crippen molar-refractivity contribution in [3.8, 4) is 0 Å². The molecule has 0 amide bonds. The maximum absolute atomic E-state index is 13.1. The molecule has 4 heteroatoms.